The van der Waals surface area contributed by atoms with E-state index in [1.807, 2.05) is 0 Å². The number of rotatable bonds is 0. The van der Waals surface area contributed by atoms with Crippen LogP contribution in [0.25, 0.3) is 0 Å². The molecule has 0 aliphatic heterocycles. The van der Waals surface area contributed by atoms with E-state index in [1.165, 1.54) is 0 Å². The van der Waals surface area contributed by atoms with Crippen LogP contribution in [-0.2, 0) is 0 Å². The summed E-state index contributed by atoms with van der Waals surface area (Å²) in [5.41, 5.74) is 0. The van der Waals surface area contributed by atoms with Gasteiger partial charge in [0.25, 0.3) is 0 Å². The predicted octanol–water partition coefficient (Wildman–Crippen LogP) is -19.1. The Morgan fingerprint density at radius 1 is 0.333 bits per heavy atom. The Morgan fingerprint density at radius 3 is 0.333 bits per heavy atom. The molecule has 0 saturated heterocycles. The minimum absolute atomic E-state index is 0. The zero-order valence-corrected chi connectivity index (χ0v) is 13.9. The summed E-state index contributed by atoms with van der Waals surface area (Å²) < 4.78 is 0. The van der Waals surface area contributed by atoms with Crippen molar-refractivity contribution in [1.82, 2.24) is 0 Å². The molecule has 52 valence electrons. The maximum absolute atomic E-state index is 0. The molecular weight excluding hydrogens is 551 g/mol. The third-order valence-electron chi connectivity index (χ3n) is 0. The molecule has 0 aromatic carbocycles. The molecule has 0 aliphatic rings. The van der Waals surface area contributed by atoms with Gasteiger partial charge in [-0.25, -0.2) is 0 Å². The second-order valence-corrected chi connectivity index (χ2v) is 0. The van der Waals surface area contributed by atoms with Gasteiger partial charge in [0.2, 0.25) is 0 Å². The molecule has 0 radical (unpaired) electrons. The van der Waals surface area contributed by atoms with E-state index < -0.39 is 0 Å². The zero-order chi connectivity index (χ0) is 0. The third kappa shape index (κ3) is 209. The van der Waals surface area contributed by atoms with Gasteiger partial charge in [-0.15, -0.1) is 0 Å². The first-order valence-electron chi connectivity index (χ1n) is 0. The van der Waals surface area contributed by atoms with Crippen LogP contribution in [0.2, 0.25) is 0 Å². The van der Waals surface area contributed by atoms with E-state index in [0.29, 0.717) is 0 Å². The van der Waals surface area contributed by atoms with E-state index in [0.717, 1.165) is 0 Å². The molecule has 0 saturated carbocycles. The van der Waals surface area contributed by atoms with Crippen molar-refractivity contribution in [2.75, 3.05) is 0 Å². The van der Waals surface area contributed by atoms with Crippen LogP contribution in [0.1, 0.15) is 0 Å². The Labute approximate surface area is 93.1 Å². The first-order valence-corrected chi connectivity index (χ1v) is 0. The topological polar surface area (TPSA) is 0 Å². The van der Waals surface area contributed by atoms with Crippen LogP contribution >= 0.6 is 0 Å². The van der Waals surface area contributed by atoms with Crippen LogP contribution in [0.5, 0.6) is 0 Å². The average Bonchev–Trinajstić information content (AvgIpc) is 0. The molecule has 0 rings (SSSR count). The molecule has 0 bridgehead atoms. The summed E-state index contributed by atoms with van der Waals surface area (Å²) in [5, 5.41) is 0. The molecule has 9 heavy (non-hydrogen) atoms. The van der Waals surface area contributed by atoms with Gasteiger partial charge in [0.1, 0.15) is 0 Å². The molecule has 0 heterocycles. The number of hydrogen-bond donors (Lipinski definition) is 0. The van der Waals surface area contributed by atoms with Crippen molar-refractivity contribution in [1.29, 1.82) is 0 Å². The van der Waals surface area contributed by atoms with Crippen molar-refractivity contribution in [3.8, 4) is 0 Å². The van der Waals surface area contributed by atoms with Gasteiger partial charge in [-0.2, -0.15) is 0 Å². The predicted molar refractivity (Wildman–Crippen MR) is 17.3 cm³/mol. The van der Waals surface area contributed by atoms with Gasteiger partial charge >= 0.3 is 65.6 Å². The summed E-state index contributed by atoms with van der Waals surface area (Å²) in [5.74, 6) is 0. The second-order valence-electron chi connectivity index (χ2n) is 0. The van der Waals surface area contributed by atoms with E-state index in [4.69, 9.17) is 0 Å². The van der Waals surface area contributed by atoms with E-state index in [-0.39, 0.29) is 93.8 Å². The molecule has 0 aromatic heterocycles. The second kappa shape index (κ2) is 267. The summed E-state index contributed by atoms with van der Waals surface area (Å²) in [7, 11) is 0. The van der Waals surface area contributed by atoms with Gasteiger partial charge in [-0.1, -0.05) is 0 Å². The molecule has 0 N–H and O–H groups in total. The summed E-state index contributed by atoms with van der Waals surface area (Å²) in [4.78, 5) is 0. The molecule has 0 aromatic rings. The van der Waals surface area contributed by atoms with Gasteiger partial charge in [0.05, 0.1) is 0 Å². The summed E-state index contributed by atoms with van der Waals surface area (Å²) in [6, 6.07) is 0. The van der Waals surface area contributed by atoms with E-state index >= 15 is 0 Å². The molecule has 0 fully saturated rings. The fourth-order valence-electron chi connectivity index (χ4n) is 0. The zero-order valence-electron chi connectivity index (χ0n) is 3.92. The standard InChI is InChI=1S/6FH.Si.2Tl/h6*1H;;;/q;;;;;;+4;2*+1/p-6. The Kier molecular flexibility index (Phi) is 10900. The largest absolute Gasteiger partial charge is 4.00 e. The van der Waals surface area contributed by atoms with Crippen LogP contribution in [0.15, 0.2) is 0 Å². The molecule has 0 unspecified atom stereocenters. The van der Waals surface area contributed by atoms with E-state index in [1.54, 1.807) is 0 Å². The number of halogens is 6. The number of hydrogen-bond acceptors (Lipinski definition) is 0. The fourth-order valence-corrected chi connectivity index (χ4v) is 0. The van der Waals surface area contributed by atoms with Crippen LogP contribution in [-0.4, -0.2) is 65.6 Å². The van der Waals surface area contributed by atoms with Gasteiger partial charge in [-0.05, 0) is 0 Å². The molecule has 0 nitrogen and oxygen atoms in total. The van der Waals surface area contributed by atoms with Crippen LogP contribution in [0.4, 0.5) is 0 Å². The van der Waals surface area contributed by atoms with Crippen molar-refractivity contribution >= 4 is 65.6 Å². The molecule has 0 atom stereocenters. The van der Waals surface area contributed by atoms with Crippen LogP contribution < -0.4 is 28.2 Å². The minimum atomic E-state index is 0. The van der Waals surface area contributed by atoms with Crippen molar-refractivity contribution in [3.63, 3.8) is 0 Å². The smallest absolute Gasteiger partial charge is 1.00 e. The first kappa shape index (κ1) is 367. The van der Waals surface area contributed by atoms with E-state index in [9.17, 15) is 0 Å². The molecule has 0 aliphatic carbocycles. The molecule has 9 heteroatoms. The van der Waals surface area contributed by atoms with Gasteiger partial charge in [0.15, 0.2) is 0 Å². The van der Waals surface area contributed by atoms with Crippen molar-refractivity contribution in [3.05, 3.63) is 0 Å². The van der Waals surface area contributed by atoms with Crippen molar-refractivity contribution in [2.24, 2.45) is 0 Å². The summed E-state index contributed by atoms with van der Waals surface area (Å²) in [6.45, 7) is 0. The molecule has 0 amide bonds. The third-order valence-corrected chi connectivity index (χ3v) is 0. The fraction of sp³-hybridized carbons (Fsp3) is 0. The quantitative estimate of drug-likeness (QED) is 0.208. The normalized spacial score (nSPS) is 0. The van der Waals surface area contributed by atoms with Gasteiger partial charge < -0.3 is 28.2 Å². The minimum Gasteiger partial charge on any atom is -1.00 e. The Hall–Kier alpha value is 1.64. The Morgan fingerprint density at radius 2 is 0.333 bits per heavy atom. The maximum atomic E-state index is 0. The average molecular weight is 551 g/mol. The monoisotopic (exact) mass is 552 g/mol. The molecule has 0 spiro atoms. The first-order chi connectivity index (χ1) is 0. The van der Waals surface area contributed by atoms with Gasteiger partial charge in [-0.3, -0.25) is 0 Å². The van der Waals surface area contributed by atoms with Crippen LogP contribution in [0.3, 0.4) is 0 Å². The summed E-state index contributed by atoms with van der Waals surface area (Å²) >= 11 is 0. The summed E-state index contributed by atoms with van der Waals surface area (Å²) in [6.07, 6.45) is 0. The Balaban J connectivity index is 0. The van der Waals surface area contributed by atoms with Crippen LogP contribution in [0, 0.1) is 0 Å². The van der Waals surface area contributed by atoms with Crippen molar-refractivity contribution < 1.29 is 28.2 Å². The van der Waals surface area contributed by atoms with Crippen molar-refractivity contribution in [2.45, 2.75) is 0 Å². The molecular formula is F6SiTl2. The SMILES string of the molecule is [F-].[F-].[F-].[F-].[F-].[F-].[Si+4].[Tl+].[Tl+]. The Bertz CT molecular complexity index is 11.0. The maximum Gasteiger partial charge on any atom is 4.00 e. The van der Waals surface area contributed by atoms with E-state index in [2.05, 4.69) is 0 Å². The van der Waals surface area contributed by atoms with Gasteiger partial charge in [0, 0.05) is 0 Å².